The van der Waals surface area contributed by atoms with Crippen molar-refractivity contribution in [2.24, 2.45) is 0 Å². The lowest BCUT2D eigenvalue weighted by Gasteiger charge is -2.01. The molecule has 1 heterocycles. The van der Waals surface area contributed by atoms with Crippen molar-refractivity contribution in [2.45, 2.75) is 0 Å². The fraction of sp³-hybridized carbons (Fsp3) is 0. The van der Waals surface area contributed by atoms with E-state index < -0.39 is 5.97 Å². The smallest absolute Gasteiger partial charge is 0.357 e. The van der Waals surface area contributed by atoms with Crippen molar-refractivity contribution in [3.05, 3.63) is 34.1 Å². The molecule has 0 saturated carbocycles. The highest BCUT2D eigenvalue weighted by atomic mass is 35.5. The number of hydrogen-bond acceptors (Lipinski definition) is 3. The second-order valence-electron chi connectivity index (χ2n) is 2.80. The third-order valence-corrected chi connectivity index (χ3v) is 2.28. The molecule has 15 heavy (non-hydrogen) atoms. The summed E-state index contributed by atoms with van der Waals surface area (Å²) in [5.41, 5.74) is 0.658. The van der Waals surface area contributed by atoms with Crippen LogP contribution in [0.25, 0.3) is 11.0 Å². The molecular weight excluding hydrogens is 239 g/mol. The monoisotopic (exact) mass is 242 g/mol. The average molecular weight is 243 g/mol. The maximum atomic E-state index is 10.7. The van der Waals surface area contributed by atoms with Gasteiger partial charge in [0.25, 0.3) is 0 Å². The van der Waals surface area contributed by atoms with Gasteiger partial charge < -0.3 is 5.11 Å². The lowest BCUT2D eigenvalue weighted by molar-refractivity contribution is 0.0690. The van der Waals surface area contributed by atoms with E-state index >= 15 is 0 Å². The molecule has 0 aliphatic heterocycles. The predicted octanol–water partition coefficient (Wildman–Crippen LogP) is 2.63. The number of nitrogens with zero attached hydrogens (tertiary/aromatic N) is 2. The van der Waals surface area contributed by atoms with Crippen LogP contribution in [-0.2, 0) is 0 Å². The molecule has 2 rings (SSSR count). The first-order chi connectivity index (χ1) is 7.08. The van der Waals surface area contributed by atoms with Crippen molar-refractivity contribution in [1.29, 1.82) is 0 Å². The Kier molecular flexibility index (Phi) is 2.46. The van der Waals surface area contributed by atoms with Crippen LogP contribution in [0.4, 0.5) is 0 Å². The molecular formula is C9H4Cl2N2O2. The number of hydrogen-bond donors (Lipinski definition) is 1. The molecule has 1 aromatic carbocycles. The summed E-state index contributed by atoms with van der Waals surface area (Å²) in [5.74, 6) is -1.20. The first kappa shape index (κ1) is 10.1. The molecule has 0 amide bonds. The molecule has 0 bridgehead atoms. The highest BCUT2D eigenvalue weighted by Crippen LogP contribution is 2.20. The SMILES string of the molecule is O=C(O)c1nc2ccc(Cl)cc2nc1Cl. The molecule has 2 aromatic rings. The Morgan fingerprint density at radius 2 is 1.93 bits per heavy atom. The van der Waals surface area contributed by atoms with E-state index in [0.717, 1.165) is 0 Å². The van der Waals surface area contributed by atoms with Gasteiger partial charge in [0.2, 0.25) is 0 Å². The van der Waals surface area contributed by atoms with E-state index in [1.807, 2.05) is 0 Å². The van der Waals surface area contributed by atoms with E-state index in [4.69, 9.17) is 28.3 Å². The van der Waals surface area contributed by atoms with Crippen molar-refractivity contribution in [2.75, 3.05) is 0 Å². The second kappa shape index (κ2) is 3.64. The molecule has 0 unspecified atom stereocenters. The number of carboxylic acids is 1. The van der Waals surface area contributed by atoms with Crippen LogP contribution < -0.4 is 0 Å². The van der Waals surface area contributed by atoms with Crippen molar-refractivity contribution in [1.82, 2.24) is 9.97 Å². The first-order valence-electron chi connectivity index (χ1n) is 3.94. The van der Waals surface area contributed by atoms with Gasteiger partial charge >= 0.3 is 5.97 Å². The van der Waals surface area contributed by atoms with Gasteiger partial charge in [-0.3, -0.25) is 0 Å². The van der Waals surface area contributed by atoms with E-state index in [1.165, 1.54) is 0 Å². The first-order valence-corrected chi connectivity index (χ1v) is 4.69. The van der Waals surface area contributed by atoms with Crippen molar-refractivity contribution in [3.63, 3.8) is 0 Å². The van der Waals surface area contributed by atoms with Crippen molar-refractivity contribution in [3.8, 4) is 0 Å². The van der Waals surface area contributed by atoms with Crippen molar-refractivity contribution < 1.29 is 9.90 Å². The molecule has 0 spiro atoms. The predicted molar refractivity (Wildman–Crippen MR) is 56.5 cm³/mol. The summed E-state index contributed by atoms with van der Waals surface area (Å²) in [5, 5.41) is 9.12. The number of aromatic nitrogens is 2. The Morgan fingerprint density at radius 1 is 1.20 bits per heavy atom. The topological polar surface area (TPSA) is 63.1 Å². The van der Waals surface area contributed by atoms with Crippen LogP contribution in [0.5, 0.6) is 0 Å². The molecule has 0 saturated heterocycles. The minimum absolute atomic E-state index is 0.141. The van der Waals surface area contributed by atoms with E-state index in [1.54, 1.807) is 18.2 Å². The average Bonchev–Trinajstić information content (AvgIpc) is 2.15. The number of aromatic carboxylic acids is 1. The normalized spacial score (nSPS) is 10.5. The molecule has 1 aromatic heterocycles. The van der Waals surface area contributed by atoms with E-state index in [2.05, 4.69) is 9.97 Å². The second-order valence-corrected chi connectivity index (χ2v) is 3.60. The van der Waals surface area contributed by atoms with Gasteiger partial charge in [-0.05, 0) is 18.2 Å². The number of carboxylic acid groups (broad SMARTS) is 1. The Balaban J connectivity index is 2.76. The summed E-state index contributed by atoms with van der Waals surface area (Å²) in [4.78, 5) is 18.5. The van der Waals surface area contributed by atoms with Crippen LogP contribution in [0.2, 0.25) is 10.2 Å². The highest BCUT2D eigenvalue weighted by molar-refractivity contribution is 6.33. The van der Waals surface area contributed by atoms with Gasteiger partial charge in [-0.1, -0.05) is 23.2 Å². The summed E-state index contributed by atoms with van der Waals surface area (Å²) in [6, 6.07) is 4.77. The quantitative estimate of drug-likeness (QED) is 0.836. The third-order valence-electron chi connectivity index (χ3n) is 1.79. The third kappa shape index (κ3) is 1.86. The summed E-state index contributed by atoms with van der Waals surface area (Å²) >= 11 is 11.4. The van der Waals surface area contributed by atoms with E-state index in [0.29, 0.717) is 16.1 Å². The standard InChI is InChI=1S/C9H4Cl2N2O2/c10-4-1-2-5-6(3-4)13-8(11)7(12-5)9(14)15/h1-3H,(H,14,15). The summed E-state index contributed by atoms with van der Waals surface area (Å²) in [6.45, 7) is 0. The van der Waals surface area contributed by atoms with Gasteiger partial charge in [0, 0.05) is 5.02 Å². The molecule has 4 nitrogen and oxygen atoms in total. The zero-order valence-electron chi connectivity index (χ0n) is 7.24. The molecule has 6 heteroatoms. The molecule has 0 radical (unpaired) electrons. The molecule has 0 fully saturated rings. The maximum Gasteiger partial charge on any atom is 0.357 e. The van der Waals surface area contributed by atoms with Gasteiger partial charge in [0.15, 0.2) is 10.8 Å². The van der Waals surface area contributed by atoms with Gasteiger partial charge in [0.1, 0.15) is 0 Å². The van der Waals surface area contributed by atoms with Crippen LogP contribution in [0.3, 0.4) is 0 Å². The number of carbonyl (C=O) groups is 1. The minimum Gasteiger partial charge on any atom is -0.476 e. The van der Waals surface area contributed by atoms with Gasteiger partial charge in [-0.15, -0.1) is 0 Å². The number of benzene rings is 1. The van der Waals surface area contributed by atoms with Crippen LogP contribution in [0, 0.1) is 0 Å². The molecule has 0 atom stereocenters. The Hall–Kier alpha value is -1.39. The molecule has 0 aliphatic rings. The Bertz CT molecular complexity index is 557. The Labute approximate surface area is 94.5 Å². The fourth-order valence-corrected chi connectivity index (χ4v) is 1.52. The molecule has 1 N–H and O–H groups in total. The van der Waals surface area contributed by atoms with Gasteiger partial charge in [0.05, 0.1) is 11.0 Å². The van der Waals surface area contributed by atoms with Crippen LogP contribution >= 0.6 is 23.2 Å². The Morgan fingerprint density at radius 3 is 2.60 bits per heavy atom. The molecule has 0 aliphatic carbocycles. The number of halogens is 2. The largest absolute Gasteiger partial charge is 0.476 e. The number of fused-ring (bicyclic) bond motifs is 1. The summed E-state index contributed by atoms with van der Waals surface area (Å²) in [7, 11) is 0. The van der Waals surface area contributed by atoms with Gasteiger partial charge in [-0.25, -0.2) is 14.8 Å². The van der Waals surface area contributed by atoms with Crippen LogP contribution in [0.15, 0.2) is 18.2 Å². The fourth-order valence-electron chi connectivity index (χ4n) is 1.14. The lowest BCUT2D eigenvalue weighted by atomic mass is 10.3. The van der Waals surface area contributed by atoms with Gasteiger partial charge in [-0.2, -0.15) is 0 Å². The van der Waals surface area contributed by atoms with E-state index in [-0.39, 0.29) is 10.8 Å². The molecule has 76 valence electrons. The van der Waals surface area contributed by atoms with Crippen molar-refractivity contribution >= 4 is 40.2 Å². The minimum atomic E-state index is -1.20. The zero-order valence-corrected chi connectivity index (χ0v) is 8.75. The van der Waals surface area contributed by atoms with Crippen LogP contribution in [-0.4, -0.2) is 21.0 Å². The maximum absolute atomic E-state index is 10.7. The zero-order chi connectivity index (χ0) is 11.0. The summed E-state index contributed by atoms with van der Waals surface area (Å²) in [6.07, 6.45) is 0. The highest BCUT2D eigenvalue weighted by Gasteiger charge is 2.13. The summed E-state index contributed by atoms with van der Waals surface area (Å²) < 4.78 is 0. The number of rotatable bonds is 1. The van der Waals surface area contributed by atoms with E-state index in [9.17, 15) is 4.79 Å². The lowest BCUT2D eigenvalue weighted by Crippen LogP contribution is -2.03. The van der Waals surface area contributed by atoms with Crippen LogP contribution in [0.1, 0.15) is 10.5 Å².